The molecule has 4 heteroatoms. The number of aryl methyl sites for hydroxylation is 3. The van der Waals surface area contributed by atoms with E-state index in [1.165, 1.54) is 0 Å². The van der Waals surface area contributed by atoms with Crippen molar-refractivity contribution < 1.29 is 4.79 Å². The van der Waals surface area contributed by atoms with Gasteiger partial charge in [0.25, 0.3) is 5.91 Å². The Kier molecular flexibility index (Phi) is 4.63. The van der Waals surface area contributed by atoms with Crippen LogP contribution in [0.15, 0.2) is 30.3 Å². The highest BCUT2D eigenvalue weighted by Crippen LogP contribution is 2.21. The highest BCUT2D eigenvalue weighted by atomic mass is 35.5. The molecule has 0 saturated heterocycles. The molecule has 0 unspecified atom stereocenters. The van der Waals surface area contributed by atoms with Crippen LogP contribution in [0, 0.1) is 13.8 Å². The Bertz CT molecular complexity index is 662. The van der Waals surface area contributed by atoms with Crippen LogP contribution in [-0.4, -0.2) is 17.9 Å². The maximum atomic E-state index is 12.6. The molecular formula is C17H19ClN2O. The van der Waals surface area contributed by atoms with E-state index in [9.17, 15) is 4.79 Å². The van der Waals surface area contributed by atoms with Gasteiger partial charge in [0.2, 0.25) is 0 Å². The minimum Gasteiger partial charge on any atom is -0.311 e. The van der Waals surface area contributed by atoms with E-state index in [4.69, 9.17) is 11.6 Å². The molecule has 2 aromatic rings. The molecule has 1 heterocycles. The van der Waals surface area contributed by atoms with Gasteiger partial charge in [-0.1, -0.05) is 24.6 Å². The summed E-state index contributed by atoms with van der Waals surface area (Å²) in [5.74, 6) is -0.0843. The second-order valence-corrected chi connectivity index (χ2v) is 5.62. The summed E-state index contributed by atoms with van der Waals surface area (Å²) in [6.45, 7) is 6.03. The molecule has 3 nitrogen and oxygen atoms in total. The summed E-state index contributed by atoms with van der Waals surface area (Å²) in [6.07, 6.45) is 0.744. The summed E-state index contributed by atoms with van der Waals surface area (Å²) in [5, 5.41) is 0.353. The largest absolute Gasteiger partial charge is 0.311 e. The number of pyridine rings is 1. The van der Waals surface area contributed by atoms with E-state index in [0.717, 1.165) is 28.9 Å². The predicted octanol–water partition coefficient (Wildman–Crippen LogP) is 4.19. The van der Waals surface area contributed by atoms with E-state index in [0.29, 0.717) is 10.7 Å². The molecule has 1 aromatic carbocycles. The number of hydrogen-bond acceptors (Lipinski definition) is 2. The Labute approximate surface area is 130 Å². The van der Waals surface area contributed by atoms with Crippen LogP contribution >= 0.6 is 11.6 Å². The minimum atomic E-state index is -0.0843. The molecule has 0 spiro atoms. The zero-order valence-electron chi connectivity index (χ0n) is 12.8. The molecule has 0 aliphatic heterocycles. The number of rotatable bonds is 3. The van der Waals surface area contributed by atoms with Gasteiger partial charge in [0.05, 0.1) is 0 Å². The Hall–Kier alpha value is -1.87. The lowest BCUT2D eigenvalue weighted by Gasteiger charge is -2.19. The summed E-state index contributed by atoms with van der Waals surface area (Å²) < 4.78 is 0. The van der Waals surface area contributed by atoms with E-state index >= 15 is 0 Å². The molecule has 0 saturated carbocycles. The Morgan fingerprint density at radius 3 is 2.33 bits per heavy atom. The number of aromatic nitrogens is 1. The van der Waals surface area contributed by atoms with Gasteiger partial charge >= 0.3 is 0 Å². The average Bonchev–Trinajstić information content (AvgIpc) is 2.43. The van der Waals surface area contributed by atoms with E-state index in [1.807, 2.05) is 32.9 Å². The maximum absolute atomic E-state index is 12.6. The molecule has 0 atom stereocenters. The van der Waals surface area contributed by atoms with Crippen LogP contribution in [0.2, 0.25) is 5.15 Å². The maximum Gasteiger partial charge on any atom is 0.258 e. The van der Waals surface area contributed by atoms with Crippen molar-refractivity contribution in [3.8, 4) is 0 Å². The number of carbonyl (C=O) groups is 1. The highest BCUT2D eigenvalue weighted by molar-refractivity contribution is 6.29. The quantitative estimate of drug-likeness (QED) is 0.797. The third-order valence-electron chi connectivity index (χ3n) is 3.35. The van der Waals surface area contributed by atoms with Crippen LogP contribution in [0.3, 0.4) is 0 Å². The normalized spacial score (nSPS) is 10.5. The van der Waals surface area contributed by atoms with Crippen LogP contribution in [0.5, 0.6) is 0 Å². The van der Waals surface area contributed by atoms with Crippen LogP contribution in [0.4, 0.5) is 5.69 Å². The van der Waals surface area contributed by atoms with Crippen LogP contribution in [-0.2, 0) is 6.42 Å². The third kappa shape index (κ3) is 3.61. The lowest BCUT2D eigenvalue weighted by Crippen LogP contribution is -2.26. The van der Waals surface area contributed by atoms with Crippen molar-refractivity contribution >= 4 is 23.2 Å². The molecular weight excluding hydrogens is 284 g/mol. The van der Waals surface area contributed by atoms with Crippen molar-refractivity contribution in [1.82, 2.24) is 4.98 Å². The third-order valence-corrected chi connectivity index (χ3v) is 3.55. The Balaban J connectivity index is 2.36. The van der Waals surface area contributed by atoms with E-state index in [2.05, 4.69) is 11.1 Å². The summed E-state index contributed by atoms with van der Waals surface area (Å²) in [7, 11) is 1.77. The monoisotopic (exact) mass is 302 g/mol. The molecule has 1 aromatic heterocycles. The first-order chi connectivity index (χ1) is 9.90. The van der Waals surface area contributed by atoms with Crippen LogP contribution < -0.4 is 4.90 Å². The first-order valence-corrected chi connectivity index (χ1v) is 7.31. The number of hydrogen-bond donors (Lipinski definition) is 0. The lowest BCUT2D eigenvalue weighted by atomic mass is 10.1. The molecule has 110 valence electrons. The van der Waals surface area contributed by atoms with Crippen molar-refractivity contribution in [2.45, 2.75) is 27.2 Å². The predicted molar refractivity (Wildman–Crippen MR) is 87.3 cm³/mol. The highest BCUT2D eigenvalue weighted by Gasteiger charge is 2.15. The average molecular weight is 303 g/mol. The number of carbonyl (C=O) groups excluding carboxylic acids is 1. The number of benzene rings is 1. The van der Waals surface area contributed by atoms with Gasteiger partial charge in [0, 0.05) is 24.0 Å². The molecule has 0 aliphatic carbocycles. The van der Waals surface area contributed by atoms with E-state index in [-0.39, 0.29) is 5.91 Å². The molecule has 21 heavy (non-hydrogen) atoms. The number of halogens is 1. The van der Waals surface area contributed by atoms with Crippen molar-refractivity contribution in [2.75, 3.05) is 11.9 Å². The Morgan fingerprint density at radius 2 is 1.76 bits per heavy atom. The van der Waals surface area contributed by atoms with Crippen molar-refractivity contribution in [3.63, 3.8) is 0 Å². The van der Waals surface area contributed by atoms with Crippen LogP contribution in [0.1, 0.15) is 34.1 Å². The number of anilines is 1. The van der Waals surface area contributed by atoms with E-state index < -0.39 is 0 Å². The second-order valence-electron chi connectivity index (χ2n) is 5.23. The summed E-state index contributed by atoms with van der Waals surface area (Å²) >= 11 is 5.99. The van der Waals surface area contributed by atoms with Gasteiger partial charge in [0.15, 0.2) is 0 Å². The molecule has 0 fully saturated rings. The number of nitrogens with zero attached hydrogens (tertiary/aromatic N) is 2. The van der Waals surface area contributed by atoms with Gasteiger partial charge in [0.1, 0.15) is 5.15 Å². The molecule has 0 aliphatic rings. The first kappa shape index (κ1) is 15.5. The molecule has 1 amide bonds. The van der Waals surface area contributed by atoms with Gasteiger partial charge in [-0.3, -0.25) is 4.79 Å². The van der Waals surface area contributed by atoms with Gasteiger partial charge in [-0.2, -0.15) is 0 Å². The topological polar surface area (TPSA) is 33.2 Å². The van der Waals surface area contributed by atoms with E-state index in [1.54, 1.807) is 24.1 Å². The van der Waals surface area contributed by atoms with Crippen molar-refractivity contribution in [2.24, 2.45) is 0 Å². The fourth-order valence-electron chi connectivity index (χ4n) is 2.31. The van der Waals surface area contributed by atoms with Crippen molar-refractivity contribution in [1.29, 1.82) is 0 Å². The SMILES string of the molecule is CCc1cc(C(=O)N(C)c2cc(C)cc(C)c2)cc(Cl)n1. The zero-order valence-corrected chi connectivity index (χ0v) is 13.5. The fourth-order valence-corrected chi connectivity index (χ4v) is 2.54. The molecule has 0 N–H and O–H groups in total. The fraction of sp³-hybridized carbons (Fsp3) is 0.294. The lowest BCUT2D eigenvalue weighted by molar-refractivity contribution is 0.0993. The molecule has 2 rings (SSSR count). The standard InChI is InChI=1S/C17H19ClN2O/c1-5-14-9-13(10-16(18)19-14)17(21)20(4)15-7-11(2)6-12(3)8-15/h6-10H,5H2,1-4H3. The van der Waals surface area contributed by atoms with Crippen LogP contribution in [0.25, 0.3) is 0 Å². The second kappa shape index (κ2) is 6.27. The van der Waals surface area contributed by atoms with Gasteiger partial charge in [-0.25, -0.2) is 4.98 Å². The van der Waals surface area contributed by atoms with Crippen molar-refractivity contribution in [3.05, 3.63) is 57.9 Å². The Morgan fingerprint density at radius 1 is 1.14 bits per heavy atom. The first-order valence-electron chi connectivity index (χ1n) is 6.93. The summed E-state index contributed by atoms with van der Waals surface area (Å²) in [5.41, 5.74) is 4.52. The molecule has 0 radical (unpaired) electrons. The molecule has 0 bridgehead atoms. The summed E-state index contributed by atoms with van der Waals surface area (Å²) in [6, 6.07) is 9.48. The summed E-state index contributed by atoms with van der Waals surface area (Å²) in [4.78, 5) is 18.5. The van der Waals surface area contributed by atoms with Gasteiger partial charge in [-0.15, -0.1) is 0 Å². The number of amides is 1. The van der Waals surface area contributed by atoms with Gasteiger partial charge < -0.3 is 4.90 Å². The minimum absolute atomic E-state index is 0.0843. The van der Waals surface area contributed by atoms with Gasteiger partial charge in [-0.05, 0) is 55.7 Å². The smallest absolute Gasteiger partial charge is 0.258 e. The zero-order chi connectivity index (χ0) is 15.6.